The third-order valence-electron chi connectivity index (χ3n) is 0.408. The highest BCUT2D eigenvalue weighted by molar-refractivity contribution is 7.23. The molecule has 0 aliphatic heterocycles. The molecule has 0 amide bonds. The maximum atomic E-state index is 2.36. The molecule has 1 radical (unpaired) electrons. The maximum absolute atomic E-state index is 2.36. The van der Waals surface area contributed by atoms with Crippen molar-refractivity contribution in [1.82, 2.24) is 0 Å². The molecule has 0 heterocycles. The van der Waals surface area contributed by atoms with E-state index in [-0.39, 0.29) is 0 Å². The molecule has 0 aromatic carbocycles. The number of hydrogen-bond donors (Lipinski definition) is 0. The lowest BCUT2D eigenvalue weighted by Gasteiger charge is -1.63. The first-order chi connectivity index (χ1) is 1.91. The SMILES string of the molecule is C[SiH][SiH2][SiH3]. The fourth-order valence-corrected chi connectivity index (χ4v) is 0. The standard InChI is InChI=1S/CH9Si3/c1-3-4-2/h3H,4H2,1-2H3. The van der Waals surface area contributed by atoms with Crippen molar-refractivity contribution in [3.63, 3.8) is 0 Å². The topological polar surface area (TPSA) is 0 Å². The van der Waals surface area contributed by atoms with E-state index in [9.17, 15) is 0 Å². The van der Waals surface area contributed by atoms with Gasteiger partial charge in [-0.1, -0.05) is 6.55 Å². The van der Waals surface area contributed by atoms with Crippen LogP contribution in [0.3, 0.4) is 0 Å². The average Bonchev–Trinajstić information content (AvgIpc) is 1.37. The molecule has 0 aliphatic carbocycles. The Morgan fingerprint density at radius 3 is 2.25 bits per heavy atom. The lowest BCUT2D eigenvalue weighted by atomic mass is 11.9. The van der Waals surface area contributed by atoms with E-state index in [4.69, 9.17) is 0 Å². The Labute approximate surface area is 34.6 Å². The largest absolute Gasteiger partial charge is 0.0768 e. The second-order valence-corrected chi connectivity index (χ2v) is 14.7. The normalized spacial score (nSPS) is 11.2. The van der Waals surface area contributed by atoms with Crippen LogP contribution < -0.4 is 0 Å². The summed E-state index contributed by atoms with van der Waals surface area (Å²) in [4.78, 5) is 0. The summed E-state index contributed by atoms with van der Waals surface area (Å²) in [6, 6.07) is 0. The number of rotatable bonds is 1. The second kappa shape index (κ2) is 3.65. The third-order valence-corrected chi connectivity index (χ3v) is 11.0. The van der Waals surface area contributed by atoms with Crippen molar-refractivity contribution in [2.24, 2.45) is 0 Å². The maximum Gasteiger partial charge on any atom is 0.00661 e. The molecule has 0 spiro atoms. The van der Waals surface area contributed by atoms with Gasteiger partial charge in [0, 0.05) is 9.04 Å². The van der Waals surface area contributed by atoms with Crippen molar-refractivity contribution in [1.29, 1.82) is 0 Å². The van der Waals surface area contributed by atoms with Crippen LogP contribution in [0.4, 0.5) is 0 Å². The Balaban J connectivity index is 1.97. The molecule has 0 bridgehead atoms. The molecule has 25 valence electrons. The van der Waals surface area contributed by atoms with Gasteiger partial charge in [-0.2, -0.15) is 0 Å². The van der Waals surface area contributed by atoms with Crippen LogP contribution in [0.2, 0.25) is 6.55 Å². The molecule has 0 atom stereocenters. The molecule has 0 N–H and O–H groups in total. The Kier molecular flexibility index (Phi) is 4.24. The zero-order valence-electron chi connectivity index (χ0n) is 3.28. The first-order valence-corrected chi connectivity index (χ1v) is 11.8. The summed E-state index contributed by atoms with van der Waals surface area (Å²) < 4.78 is 0. The summed E-state index contributed by atoms with van der Waals surface area (Å²) in [5.41, 5.74) is 0. The Morgan fingerprint density at radius 2 is 2.25 bits per heavy atom. The molecular formula is CH9Si3. The quantitative estimate of drug-likeness (QED) is 0.333. The van der Waals surface area contributed by atoms with Crippen LogP contribution in [0.25, 0.3) is 0 Å². The van der Waals surface area contributed by atoms with Crippen molar-refractivity contribution in [3.05, 3.63) is 0 Å². The van der Waals surface area contributed by atoms with Crippen LogP contribution in [-0.4, -0.2) is 27.4 Å². The van der Waals surface area contributed by atoms with Gasteiger partial charge in [0.25, 0.3) is 0 Å². The molecule has 0 saturated heterocycles. The zero-order valence-corrected chi connectivity index (χ0v) is 7.85. The van der Waals surface area contributed by atoms with Crippen LogP contribution in [0.5, 0.6) is 0 Å². The van der Waals surface area contributed by atoms with E-state index in [0.717, 1.165) is 9.04 Å². The fraction of sp³-hybridized carbons (Fsp3) is 1.00. The third kappa shape index (κ3) is 2.65. The molecule has 0 rings (SSSR count). The molecule has 4 heavy (non-hydrogen) atoms. The molecule has 0 unspecified atom stereocenters. The summed E-state index contributed by atoms with van der Waals surface area (Å²) in [5.74, 6) is 0. The van der Waals surface area contributed by atoms with Gasteiger partial charge in [-0.05, 0) is 18.3 Å². The van der Waals surface area contributed by atoms with E-state index in [0.29, 0.717) is 8.55 Å². The van der Waals surface area contributed by atoms with E-state index >= 15 is 0 Å². The molecule has 0 aromatic heterocycles. The first kappa shape index (κ1) is 4.65. The van der Waals surface area contributed by atoms with E-state index in [1.54, 1.807) is 9.76 Å². The van der Waals surface area contributed by atoms with Gasteiger partial charge in [0.15, 0.2) is 0 Å². The first-order valence-electron chi connectivity index (χ1n) is 1.69. The van der Waals surface area contributed by atoms with E-state index < -0.39 is 0 Å². The predicted octanol–water partition coefficient (Wildman–Crippen LogP) is -2.16. The summed E-state index contributed by atoms with van der Waals surface area (Å²) in [6.45, 7) is 2.36. The summed E-state index contributed by atoms with van der Waals surface area (Å²) in [6.07, 6.45) is 0. The molecular weight excluding hydrogens is 96.3 g/mol. The van der Waals surface area contributed by atoms with E-state index in [1.165, 1.54) is 0 Å². The van der Waals surface area contributed by atoms with Gasteiger partial charge in [-0.25, -0.2) is 0 Å². The van der Waals surface area contributed by atoms with Crippen molar-refractivity contribution in [3.8, 4) is 0 Å². The second-order valence-electron chi connectivity index (χ2n) is 0.816. The highest BCUT2D eigenvalue weighted by atomic mass is 29.5. The molecule has 0 aromatic rings. The fourth-order valence-electron chi connectivity index (χ4n) is 0. The van der Waals surface area contributed by atoms with Crippen molar-refractivity contribution >= 4 is 27.4 Å². The van der Waals surface area contributed by atoms with Crippen LogP contribution in [0, 0.1) is 0 Å². The van der Waals surface area contributed by atoms with E-state index in [1.807, 2.05) is 0 Å². The van der Waals surface area contributed by atoms with Crippen molar-refractivity contribution in [2.45, 2.75) is 6.55 Å². The number of hydrogen-bond acceptors (Lipinski definition) is 0. The van der Waals surface area contributed by atoms with Gasteiger partial charge in [0.2, 0.25) is 0 Å². The summed E-state index contributed by atoms with van der Waals surface area (Å²) >= 11 is 0. The minimum Gasteiger partial charge on any atom is -0.0768 e. The van der Waals surface area contributed by atoms with Gasteiger partial charge in [-0.15, -0.1) is 0 Å². The highest BCUT2D eigenvalue weighted by Crippen LogP contribution is 1.36. The molecule has 0 fully saturated rings. The van der Waals surface area contributed by atoms with Gasteiger partial charge < -0.3 is 0 Å². The van der Waals surface area contributed by atoms with E-state index in [2.05, 4.69) is 6.55 Å². The summed E-state index contributed by atoms with van der Waals surface area (Å²) in [5, 5.41) is 0. The Hall–Kier alpha value is 0.651. The van der Waals surface area contributed by atoms with Gasteiger partial charge in [0.05, 0.1) is 0 Å². The lowest BCUT2D eigenvalue weighted by Crippen LogP contribution is -1.94. The smallest absolute Gasteiger partial charge is 0.00661 e. The van der Waals surface area contributed by atoms with Crippen LogP contribution >= 0.6 is 0 Å². The molecule has 0 aliphatic rings. The predicted molar refractivity (Wildman–Crippen MR) is 31.5 cm³/mol. The van der Waals surface area contributed by atoms with Gasteiger partial charge in [-0.3, -0.25) is 0 Å². The molecule has 3 heteroatoms. The average molecular weight is 105 g/mol. The Bertz CT molecular complexity index is 5.25. The van der Waals surface area contributed by atoms with Crippen molar-refractivity contribution in [2.75, 3.05) is 0 Å². The monoisotopic (exact) mass is 105 g/mol. The molecule has 0 saturated carbocycles. The summed E-state index contributed by atoms with van der Waals surface area (Å²) in [7, 11) is 3.20. The van der Waals surface area contributed by atoms with Crippen LogP contribution in [-0.2, 0) is 0 Å². The lowest BCUT2D eigenvalue weighted by molar-refractivity contribution is 2.37. The Morgan fingerprint density at radius 1 is 2.00 bits per heavy atom. The zero-order chi connectivity index (χ0) is 3.41. The minimum absolute atomic E-state index is 0.647. The molecule has 0 nitrogen and oxygen atoms in total. The highest BCUT2D eigenvalue weighted by Gasteiger charge is 1.61. The van der Waals surface area contributed by atoms with Gasteiger partial charge >= 0.3 is 0 Å². The van der Waals surface area contributed by atoms with Crippen LogP contribution in [0.1, 0.15) is 0 Å². The van der Waals surface area contributed by atoms with Crippen LogP contribution in [0.15, 0.2) is 0 Å². The minimum atomic E-state index is 0.647. The van der Waals surface area contributed by atoms with Crippen molar-refractivity contribution < 1.29 is 0 Å². The van der Waals surface area contributed by atoms with Gasteiger partial charge in [0.1, 0.15) is 0 Å².